The summed E-state index contributed by atoms with van der Waals surface area (Å²) in [6.45, 7) is 6.89. The highest BCUT2D eigenvalue weighted by Gasteiger charge is 2.40. The summed E-state index contributed by atoms with van der Waals surface area (Å²) in [4.78, 5) is 25.1. The number of aliphatic carboxylic acids is 1. The average molecular weight is 282 g/mol. The fourth-order valence-corrected chi connectivity index (χ4v) is 3.63. The molecule has 0 spiro atoms. The third-order valence-corrected chi connectivity index (χ3v) is 4.75. The highest BCUT2D eigenvalue weighted by atomic mass is 16.4. The van der Waals surface area contributed by atoms with Gasteiger partial charge in [-0.2, -0.15) is 0 Å². The molecule has 0 bridgehead atoms. The number of hydrogen-bond acceptors (Lipinski definition) is 2. The molecule has 2 amide bonds. The first-order valence-corrected chi connectivity index (χ1v) is 7.60. The maximum Gasteiger partial charge on any atom is 0.326 e. The van der Waals surface area contributed by atoms with Crippen LogP contribution in [0, 0.1) is 11.3 Å². The van der Waals surface area contributed by atoms with Crippen molar-refractivity contribution < 1.29 is 14.7 Å². The van der Waals surface area contributed by atoms with Crippen molar-refractivity contribution in [2.24, 2.45) is 11.3 Å². The van der Waals surface area contributed by atoms with Gasteiger partial charge in [0.2, 0.25) is 0 Å². The first-order valence-electron chi connectivity index (χ1n) is 7.60. The molecule has 20 heavy (non-hydrogen) atoms. The molecule has 0 aromatic carbocycles. The Morgan fingerprint density at radius 3 is 2.60 bits per heavy atom. The topological polar surface area (TPSA) is 69.6 Å². The first kappa shape index (κ1) is 15.1. The summed E-state index contributed by atoms with van der Waals surface area (Å²) in [6, 6.07) is -0.701. The molecule has 0 radical (unpaired) electrons. The van der Waals surface area contributed by atoms with E-state index in [1.54, 1.807) is 0 Å². The minimum absolute atomic E-state index is 0.0287. The van der Waals surface area contributed by atoms with E-state index >= 15 is 0 Å². The van der Waals surface area contributed by atoms with E-state index < -0.39 is 12.0 Å². The van der Waals surface area contributed by atoms with Crippen molar-refractivity contribution >= 4 is 12.0 Å². The highest BCUT2D eigenvalue weighted by molar-refractivity contribution is 5.83. The molecule has 1 aliphatic heterocycles. The molecule has 3 atom stereocenters. The fourth-order valence-electron chi connectivity index (χ4n) is 3.63. The van der Waals surface area contributed by atoms with Gasteiger partial charge in [-0.15, -0.1) is 0 Å². The van der Waals surface area contributed by atoms with Crippen molar-refractivity contribution in [2.75, 3.05) is 6.54 Å². The summed E-state index contributed by atoms with van der Waals surface area (Å²) in [7, 11) is 0. The van der Waals surface area contributed by atoms with E-state index in [0.29, 0.717) is 6.54 Å². The Labute approximate surface area is 120 Å². The predicted octanol–water partition coefficient (Wildman–Crippen LogP) is 2.46. The quantitative estimate of drug-likeness (QED) is 0.817. The van der Waals surface area contributed by atoms with E-state index in [4.69, 9.17) is 0 Å². The zero-order valence-corrected chi connectivity index (χ0v) is 12.7. The summed E-state index contributed by atoms with van der Waals surface area (Å²) in [6.07, 6.45) is 5.05. The van der Waals surface area contributed by atoms with Crippen molar-refractivity contribution in [1.82, 2.24) is 10.2 Å². The molecule has 5 nitrogen and oxygen atoms in total. The van der Waals surface area contributed by atoms with Gasteiger partial charge in [-0.1, -0.05) is 27.2 Å². The third kappa shape index (κ3) is 3.25. The molecular formula is C15H26N2O3. The zero-order chi connectivity index (χ0) is 14.9. The van der Waals surface area contributed by atoms with Crippen LogP contribution in [0.3, 0.4) is 0 Å². The van der Waals surface area contributed by atoms with Gasteiger partial charge in [-0.25, -0.2) is 9.59 Å². The second-order valence-corrected chi connectivity index (χ2v) is 7.15. The Hall–Kier alpha value is -1.26. The maximum absolute atomic E-state index is 12.3. The molecule has 3 unspecified atom stereocenters. The number of nitrogens with one attached hydrogen (secondary N) is 1. The normalized spacial score (nSPS) is 33.0. The molecule has 2 aliphatic rings. The number of rotatable bonds is 2. The van der Waals surface area contributed by atoms with Gasteiger partial charge in [0.25, 0.3) is 0 Å². The lowest BCUT2D eigenvalue weighted by Gasteiger charge is -2.36. The Morgan fingerprint density at radius 1 is 1.30 bits per heavy atom. The van der Waals surface area contributed by atoms with Crippen molar-refractivity contribution in [3.8, 4) is 0 Å². The van der Waals surface area contributed by atoms with Crippen LogP contribution in [0.2, 0.25) is 0 Å². The van der Waals surface area contributed by atoms with E-state index in [1.807, 2.05) is 6.92 Å². The lowest BCUT2D eigenvalue weighted by molar-refractivity contribution is -0.142. The van der Waals surface area contributed by atoms with Crippen molar-refractivity contribution in [3.63, 3.8) is 0 Å². The monoisotopic (exact) mass is 282 g/mol. The maximum atomic E-state index is 12.3. The molecule has 0 aromatic heterocycles. The number of carbonyl (C=O) groups excluding carboxylic acids is 1. The number of likely N-dealkylation sites (tertiary alicyclic amines) is 1. The summed E-state index contributed by atoms with van der Waals surface area (Å²) in [5.74, 6) is -0.866. The minimum atomic E-state index is -0.894. The summed E-state index contributed by atoms with van der Waals surface area (Å²) < 4.78 is 0. The number of amides is 2. The number of urea groups is 1. The Morgan fingerprint density at radius 2 is 2.00 bits per heavy atom. The van der Waals surface area contributed by atoms with Crippen LogP contribution in [0.15, 0.2) is 0 Å². The standard InChI is InChI=1S/C15H26N2O3/c1-10-6-8-17(12(10)13(18)19)14(20)16-11-5-4-7-15(2,3)9-11/h10-12H,4-9H2,1-3H3,(H,16,20)(H,18,19). The van der Waals surface area contributed by atoms with Gasteiger partial charge < -0.3 is 15.3 Å². The molecule has 2 rings (SSSR count). The van der Waals surface area contributed by atoms with Crippen LogP contribution in [0.25, 0.3) is 0 Å². The van der Waals surface area contributed by atoms with Crippen molar-refractivity contribution in [2.45, 2.75) is 65.0 Å². The third-order valence-electron chi connectivity index (χ3n) is 4.75. The number of hydrogen-bond donors (Lipinski definition) is 2. The SMILES string of the molecule is CC1CCN(C(=O)NC2CCCC(C)(C)C2)C1C(=O)O. The van der Waals surface area contributed by atoms with Gasteiger partial charge in [0, 0.05) is 12.6 Å². The predicted molar refractivity (Wildman–Crippen MR) is 76.5 cm³/mol. The molecule has 5 heteroatoms. The van der Waals surface area contributed by atoms with E-state index in [0.717, 1.165) is 25.7 Å². The molecule has 1 heterocycles. The van der Waals surface area contributed by atoms with E-state index in [9.17, 15) is 14.7 Å². The van der Waals surface area contributed by atoms with Crippen molar-refractivity contribution in [3.05, 3.63) is 0 Å². The van der Waals surface area contributed by atoms with Gasteiger partial charge >= 0.3 is 12.0 Å². The molecule has 1 saturated heterocycles. The van der Waals surface area contributed by atoms with Gasteiger partial charge in [0.05, 0.1) is 0 Å². The molecule has 0 aromatic rings. The van der Waals surface area contributed by atoms with E-state index in [1.165, 1.54) is 11.3 Å². The van der Waals surface area contributed by atoms with Crippen LogP contribution < -0.4 is 5.32 Å². The minimum Gasteiger partial charge on any atom is -0.480 e. The number of carbonyl (C=O) groups is 2. The Kier molecular flexibility index (Phi) is 4.25. The van der Waals surface area contributed by atoms with Gasteiger partial charge in [0.15, 0.2) is 0 Å². The van der Waals surface area contributed by atoms with Crippen LogP contribution in [-0.4, -0.2) is 40.6 Å². The first-order chi connectivity index (χ1) is 9.30. The largest absolute Gasteiger partial charge is 0.480 e. The second kappa shape index (κ2) is 5.62. The van der Waals surface area contributed by atoms with Crippen LogP contribution in [0.5, 0.6) is 0 Å². The number of nitrogens with zero attached hydrogens (tertiary/aromatic N) is 1. The highest BCUT2D eigenvalue weighted by Crippen LogP contribution is 2.35. The molecule has 2 fully saturated rings. The molecular weight excluding hydrogens is 256 g/mol. The smallest absolute Gasteiger partial charge is 0.326 e. The Balaban J connectivity index is 1.96. The molecule has 1 aliphatic carbocycles. The summed E-state index contributed by atoms with van der Waals surface area (Å²) in [5, 5.41) is 12.3. The van der Waals surface area contributed by atoms with Crippen LogP contribution in [-0.2, 0) is 4.79 Å². The fraction of sp³-hybridized carbons (Fsp3) is 0.867. The number of carboxylic acid groups (broad SMARTS) is 1. The van der Waals surface area contributed by atoms with E-state index in [2.05, 4.69) is 19.2 Å². The van der Waals surface area contributed by atoms with Gasteiger partial charge in [-0.05, 0) is 37.0 Å². The molecule has 114 valence electrons. The van der Waals surface area contributed by atoms with Crippen LogP contribution >= 0.6 is 0 Å². The molecule has 1 saturated carbocycles. The summed E-state index contributed by atoms with van der Waals surface area (Å²) >= 11 is 0. The van der Waals surface area contributed by atoms with Crippen LogP contribution in [0.1, 0.15) is 52.9 Å². The van der Waals surface area contributed by atoms with Gasteiger partial charge in [-0.3, -0.25) is 0 Å². The second-order valence-electron chi connectivity index (χ2n) is 7.15. The zero-order valence-electron chi connectivity index (χ0n) is 12.7. The van der Waals surface area contributed by atoms with Gasteiger partial charge in [0.1, 0.15) is 6.04 Å². The lowest BCUT2D eigenvalue weighted by atomic mass is 9.75. The lowest BCUT2D eigenvalue weighted by Crippen LogP contribution is -2.51. The van der Waals surface area contributed by atoms with Crippen LogP contribution in [0.4, 0.5) is 4.79 Å². The van der Waals surface area contributed by atoms with E-state index in [-0.39, 0.29) is 23.4 Å². The van der Waals surface area contributed by atoms with Crippen molar-refractivity contribution in [1.29, 1.82) is 0 Å². The average Bonchev–Trinajstić information content (AvgIpc) is 2.69. The Bertz CT molecular complexity index is 395. The summed E-state index contributed by atoms with van der Waals surface area (Å²) in [5.41, 5.74) is 0.265. The number of carboxylic acids is 1. The molecule has 2 N–H and O–H groups in total.